The lowest BCUT2D eigenvalue weighted by Crippen LogP contribution is -3.00. The van der Waals surface area contributed by atoms with Gasteiger partial charge >= 0.3 is 5.97 Å². The van der Waals surface area contributed by atoms with Crippen LogP contribution in [-0.2, 0) is 33.6 Å². The first kappa shape index (κ1) is 47.0. The van der Waals surface area contributed by atoms with Crippen LogP contribution in [0, 0.1) is 0 Å². The van der Waals surface area contributed by atoms with Gasteiger partial charge in [-0.15, -0.1) is 5.06 Å². The number of allylic oxidation sites excluding steroid dienone is 1. The molecular weight excluding hydrogens is 689 g/mol. The van der Waals surface area contributed by atoms with Gasteiger partial charge in [-0.25, -0.2) is 4.79 Å². The number of quaternary nitrogens is 2. The molecule has 50 heavy (non-hydrogen) atoms. The van der Waals surface area contributed by atoms with Crippen molar-refractivity contribution in [2.75, 3.05) is 91.6 Å². The average Bonchev–Trinajstić information content (AvgIpc) is 3.58. The van der Waals surface area contributed by atoms with Crippen molar-refractivity contribution in [3.05, 3.63) is 24.4 Å². The number of carbonyl (C=O) groups is 6. The summed E-state index contributed by atoms with van der Waals surface area (Å²) < 4.78 is 2.79. The molecule has 4 saturated heterocycles. The summed E-state index contributed by atoms with van der Waals surface area (Å²) in [7, 11) is 0. The van der Waals surface area contributed by atoms with E-state index in [1.54, 1.807) is 13.8 Å². The molecule has 16 heteroatoms. The highest BCUT2D eigenvalue weighted by Crippen LogP contribution is 2.23. The van der Waals surface area contributed by atoms with Crippen LogP contribution < -0.4 is 35.4 Å². The van der Waals surface area contributed by atoms with Crippen LogP contribution in [0.25, 0.3) is 0 Å². The molecule has 5 rings (SSSR count). The van der Waals surface area contributed by atoms with Crippen molar-refractivity contribution in [2.24, 2.45) is 0 Å². The van der Waals surface area contributed by atoms with E-state index in [-0.39, 0.29) is 68.3 Å². The van der Waals surface area contributed by atoms with E-state index in [0.717, 1.165) is 4.90 Å². The molecule has 0 aromatic rings. The van der Waals surface area contributed by atoms with Gasteiger partial charge in [-0.1, -0.05) is 40.7 Å². The van der Waals surface area contributed by atoms with E-state index in [9.17, 15) is 28.8 Å². The van der Waals surface area contributed by atoms with Gasteiger partial charge in [0.05, 0.1) is 39.3 Å². The highest BCUT2D eigenvalue weighted by Gasteiger charge is 2.44. The first-order valence-electron chi connectivity index (χ1n) is 17.5. The van der Waals surface area contributed by atoms with Gasteiger partial charge in [-0.3, -0.25) is 28.9 Å². The number of hydrogen-bond acceptors (Lipinski definition) is 9. The summed E-state index contributed by atoms with van der Waals surface area (Å²) in [5.41, 5.74) is 1.25. The third kappa shape index (κ3) is 14.7. The second kappa shape index (κ2) is 23.4. The topological polar surface area (TPSA) is 145 Å². The summed E-state index contributed by atoms with van der Waals surface area (Å²) in [6, 6.07) is 0. The van der Waals surface area contributed by atoms with Crippen LogP contribution in [0.5, 0.6) is 0 Å². The summed E-state index contributed by atoms with van der Waals surface area (Å²) in [6.07, 6.45) is 4.52. The number of amides is 5. The molecule has 2 N–H and O–H groups in total. The molecule has 14 nitrogen and oxygen atoms in total. The number of piperazine rings is 3. The van der Waals surface area contributed by atoms with Crippen LogP contribution in [0.1, 0.15) is 66.7 Å². The minimum Gasteiger partial charge on any atom is -1.00 e. The highest BCUT2D eigenvalue weighted by molar-refractivity contribution is 6.12. The van der Waals surface area contributed by atoms with Gasteiger partial charge in [0.2, 0.25) is 5.91 Å². The van der Waals surface area contributed by atoms with Gasteiger partial charge < -0.3 is 54.2 Å². The van der Waals surface area contributed by atoms with E-state index in [4.69, 9.17) is 0 Å². The zero-order chi connectivity index (χ0) is 35.7. The van der Waals surface area contributed by atoms with Gasteiger partial charge in [-0.2, -0.15) is 0 Å². The van der Waals surface area contributed by atoms with Gasteiger partial charge in [0.1, 0.15) is 26.2 Å². The van der Waals surface area contributed by atoms with Gasteiger partial charge in [0.15, 0.2) is 0 Å². The van der Waals surface area contributed by atoms with Crippen molar-refractivity contribution in [1.82, 2.24) is 25.5 Å². The Balaban J connectivity index is 0.000000698. The Labute approximate surface area is 310 Å². The zero-order valence-electron chi connectivity index (χ0n) is 30.6. The summed E-state index contributed by atoms with van der Waals surface area (Å²) in [6.45, 7) is 30.3. The Morgan fingerprint density at radius 1 is 0.800 bits per heavy atom. The van der Waals surface area contributed by atoms with Crippen molar-refractivity contribution in [1.29, 1.82) is 0 Å². The standard InChI is InChI=1S/C15H30N4.C9H12N2O3.C7H9NO4.C3H8.2ClH/c1-15(2)17-5-9-19(10-6-17)13-11-18(12-14-19)7-3-16-4-8-18;1-2-7(12)10-5-6-11-8(13)3-4-9(11)14;1-2-7(11)12-8-5(9)3-4-6(8)10;1-3-2;;/h16H,1,3-14H2,2H3;3-4H,2,5-6H2,1H3,(H,10,12);2-4H2,1H3;3H2,1-2H3;2*1H/q+2;;;;;/p-2. The van der Waals surface area contributed by atoms with E-state index in [0.29, 0.717) is 18.0 Å². The fraction of sp³-hybridized carbons (Fsp3) is 0.706. The summed E-state index contributed by atoms with van der Waals surface area (Å²) in [5.74, 6) is -2.18. The van der Waals surface area contributed by atoms with Gasteiger partial charge in [0.25, 0.3) is 23.6 Å². The van der Waals surface area contributed by atoms with Crippen LogP contribution in [0.3, 0.4) is 0 Å². The van der Waals surface area contributed by atoms with Crippen molar-refractivity contribution in [3.8, 4) is 0 Å². The number of hydroxylamine groups is 2. The maximum absolute atomic E-state index is 11.0. The number of carbonyl (C=O) groups excluding carboxylic acids is 6. The van der Waals surface area contributed by atoms with Crippen LogP contribution >= 0.6 is 0 Å². The molecule has 4 fully saturated rings. The van der Waals surface area contributed by atoms with Crippen LogP contribution in [-0.4, -0.2) is 151 Å². The van der Waals surface area contributed by atoms with Crippen LogP contribution in [0.4, 0.5) is 0 Å². The second-order valence-corrected chi connectivity index (χ2v) is 12.9. The lowest BCUT2D eigenvalue weighted by atomic mass is 10.1. The number of nitrogens with one attached hydrogen (secondary N) is 2. The molecular formula is C34H59Cl2N7O7. The number of hydrogen-bond donors (Lipinski definition) is 2. The van der Waals surface area contributed by atoms with Crippen molar-refractivity contribution < 1.29 is 67.4 Å². The molecule has 286 valence electrons. The molecule has 5 aliphatic heterocycles. The minimum atomic E-state index is -0.571. The molecule has 2 spiro atoms. The van der Waals surface area contributed by atoms with E-state index in [1.807, 2.05) is 0 Å². The van der Waals surface area contributed by atoms with Crippen molar-refractivity contribution in [3.63, 3.8) is 0 Å². The summed E-state index contributed by atoms with van der Waals surface area (Å²) in [5, 5.41) is 6.64. The third-order valence-corrected chi connectivity index (χ3v) is 9.22. The largest absolute Gasteiger partial charge is 1.00 e. The molecule has 0 aromatic carbocycles. The summed E-state index contributed by atoms with van der Waals surface area (Å²) in [4.78, 5) is 73.4. The second-order valence-electron chi connectivity index (χ2n) is 12.9. The fourth-order valence-corrected chi connectivity index (χ4v) is 6.01. The molecule has 0 aromatic heterocycles. The molecule has 5 aliphatic rings. The number of rotatable bonds is 7. The minimum absolute atomic E-state index is 0. The lowest BCUT2D eigenvalue weighted by molar-refractivity contribution is -1.03. The Kier molecular flexibility index (Phi) is 22.0. The smallest absolute Gasteiger partial charge is 0.332 e. The fourth-order valence-electron chi connectivity index (χ4n) is 6.01. The van der Waals surface area contributed by atoms with E-state index < -0.39 is 17.8 Å². The number of imide groups is 2. The lowest BCUT2D eigenvalue weighted by Gasteiger charge is -2.53. The average molecular weight is 749 g/mol. The monoisotopic (exact) mass is 747 g/mol. The Morgan fingerprint density at radius 2 is 1.26 bits per heavy atom. The zero-order valence-corrected chi connectivity index (χ0v) is 32.2. The van der Waals surface area contributed by atoms with E-state index >= 15 is 0 Å². The SMILES string of the molecule is C=C(C)N1CC[N+]2(CC1)CC[N+]1(CCNCC1)CC2.CCC.CCC(=O)NCCN1C(=O)C=CC1=O.CCC(=O)ON1C(=O)CCC1=O.[Cl-].[Cl-]. The van der Waals surface area contributed by atoms with E-state index in [2.05, 4.69) is 47.7 Å². The Morgan fingerprint density at radius 3 is 1.68 bits per heavy atom. The molecule has 0 bridgehead atoms. The van der Waals surface area contributed by atoms with E-state index in [1.165, 1.54) is 112 Å². The van der Waals surface area contributed by atoms with Crippen molar-refractivity contribution in [2.45, 2.75) is 66.7 Å². The van der Waals surface area contributed by atoms with Crippen molar-refractivity contribution >= 4 is 35.5 Å². The third-order valence-electron chi connectivity index (χ3n) is 9.22. The first-order chi connectivity index (χ1) is 22.8. The molecule has 0 radical (unpaired) electrons. The molecule has 5 amide bonds. The normalized spacial score (nSPS) is 19.9. The van der Waals surface area contributed by atoms with Crippen LogP contribution in [0.2, 0.25) is 0 Å². The molecule has 0 unspecified atom stereocenters. The molecule has 0 atom stereocenters. The van der Waals surface area contributed by atoms with Gasteiger partial charge in [0, 0.05) is 69.7 Å². The Hall–Kier alpha value is -3.04. The maximum Gasteiger partial charge on any atom is 0.332 e. The first-order valence-corrected chi connectivity index (χ1v) is 17.5. The van der Waals surface area contributed by atoms with Gasteiger partial charge in [-0.05, 0) is 6.92 Å². The maximum atomic E-state index is 11.0. The molecule has 5 heterocycles. The molecule has 0 saturated carbocycles. The quantitative estimate of drug-likeness (QED) is 0.193. The number of halogens is 2. The Bertz CT molecular complexity index is 1140. The predicted octanol–water partition coefficient (Wildman–Crippen LogP) is -5.05. The highest BCUT2D eigenvalue weighted by atomic mass is 35.5. The molecule has 0 aliphatic carbocycles. The van der Waals surface area contributed by atoms with Crippen LogP contribution in [0.15, 0.2) is 24.4 Å². The summed E-state index contributed by atoms with van der Waals surface area (Å²) >= 11 is 0. The predicted molar refractivity (Wildman–Crippen MR) is 181 cm³/mol. The number of nitrogens with zero attached hydrogens (tertiary/aromatic N) is 5.